The number of hydrogen-bond acceptors (Lipinski definition) is 2. The Morgan fingerprint density at radius 2 is 1.92 bits per heavy atom. The monoisotopic (exact) mass is 321 g/mol. The fourth-order valence-electron chi connectivity index (χ4n) is 3.83. The number of benzene rings is 2. The lowest BCUT2D eigenvalue weighted by Crippen LogP contribution is -2.49. The summed E-state index contributed by atoms with van der Waals surface area (Å²) in [4.78, 5) is 17.3. The zero-order valence-electron chi connectivity index (χ0n) is 14.2. The van der Waals surface area contributed by atoms with Gasteiger partial charge < -0.3 is 10.2 Å². The number of carbonyl (C=O) groups is 1. The number of nitrogens with one attached hydrogen (secondary N) is 1. The highest BCUT2D eigenvalue weighted by molar-refractivity contribution is 6.05. The summed E-state index contributed by atoms with van der Waals surface area (Å²) >= 11 is 0. The van der Waals surface area contributed by atoms with E-state index in [9.17, 15) is 4.79 Å². The van der Waals surface area contributed by atoms with Gasteiger partial charge in [0.1, 0.15) is 0 Å². The van der Waals surface area contributed by atoms with Crippen molar-refractivity contribution in [2.24, 2.45) is 0 Å². The molecule has 0 aromatic heterocycles. The Morgan fingerprint density at radius 1 is 1.12 bits per heavy atom. The summed E-state index contributed by atoms with van der Waals surface area (Å²) in [7, 11) is 0. The summed E-state index contributed by atoms with van der Waals surface area (Å²) < 4.78 is 0. The van der Waals surface area contributed by atoms with Gasteiger partial charge in [0.05, 0.1) is 11.4 Å². The molecule has 2 aromatic rings. The number of urea groups is 1. The van der Waals surface area contributed by atoms with Crippen LogP contribution in [-0.4, -0.2) is 25.2 Å². The van der Waals surface area contributed by atoms with Crippen LogP contribution in [0, 0.1) is 13.8 Å². The van der Waals surface area contributed by atoms with Crippen LogP contribution in [0.2, 0.25) is 0 Å². The first kappa shape index (κ1) is 15.1. The van der Waals surface area contributed by atoms with Crippen molar-refractivity contribution in [3.05, 3.63) is 53.6 Å². The molecule has 1 atom stereocenters. The molecule has 0 bridgehead atoms. The van der Waals surface area contributed by atoms with Crippen molar-refractivity contribution in [2.45, 2.75) is 32.7 Å². The maximum atomic E-state index is 13.0. The molecule has 0 aliphatic carbocycles. The van der Waals surface area contributed by atoms with Gasteiger partial charge >= 0.3 is 6.03 Å². The van der Waals surface area contributed by atoms with E-state index in [0.29, 0.717) is 6.04 Å². The molecule has 24 heavy (non-hydrogen) atoms. The average molecular weight is 321 g/mol. The Hall–Kier alpha value is -2.49. The van der Waals surface area contributed by atoms with E-state index < -0.39 is 0 Å². The van der Waals surface area contributed by atoms with E-state index in [4.69, 9.17) is 0 Å². The molecular weight excluding hydrogens is 298 g/mol. The van der Waals surface area contributed by atoms with Crippen molar-refractivity contribution < 1.29 is 4.79 Å². The number of para-hydroxylation sites is 2. The van der Waals surface area contributed by atoms with Crippen LogP contribution in [0.4, 0.5) is 21.9 Å². The number of nitrogens with zero attached hydrogens (tertiary/aromatic N) is 2. The number of fused-ring (bicyclic) bond motifs is 3. The number of carbonyl (C=O) groups excluding carboxylic acids is 1. The summed E-state index contributed by atoms with van der Waals surface area (Å²) in [6.45, 7) is 5.92. The standard InChI is InChI=1S/C20H23N3O/c1-14-9-10-15(2)17(12-14)21-20(24)23-13-16-6-5-11-22(16)18-7-3-4-8-19(18)23/h3-4,7-10,12,16H,5-6,11,13H2,1-2H3,(H,21,24). The van der Waals surface area contributed by atoms with E-state index in [-0.39, 0.29) is 6.03 Å². The fraction of sp³-hybridized carbons (Fsp3) is 0.350. The Morgan fingerprint density at radius 3 is 2.75 bits per heavy atom. The highest BCUT2D eigenvalue weighted by Gasteiger charge is 2.36. The van der Waals surface area contributed by atoms with E-state index in [1.165, 1.54) is 12.1 Å². The smallest absolute Gasteiger partial charge is 0.326 e. The molecule has 2 heterocycles. The largest absolute Gasteiger partial charge is 0.365 e. The first-order valence-corrected chi connectivity index (χ1v) is 8.65. The number of rotatable bonds is 1. The maximum Gasteiger partial charge on any atom is 0.326 e. The van der Waals surface area contributed by atoms with Gasteiger partial charge in [0, 0.05) is 24.8 Å². The van der Waals surface area contributed by atoms with Crippen LogP contribution in [-0.2, 0) is 0 Å². The molecule has 4 heteroatoms. The van der Waals surface area contributed by atoms with E-state index >= 15 is 0 Å². The number of amides is 2. The van der Waals surface area contributed by atoms with Crippen molar-refractivity contribution in [3.8, 4) is 0 Å². The molecule has 0 radical (unpaired) electrons. The molecule has 2 aliphatic heterocycles. The minimum atomic E-state index is -0.0392. The third-order valence-corrected chi connectivity index (χ3v) is 5.13. The van der Waals surface area contributed by atoms with Crippen molar-refractivity contribution >= 4 is 23.1 Å². The van der Waals surface area contributed by atoms with E-state index in [1.807, 2.05) is 43.0 Å². The first-order valence-electron chi connectivity index (χ1n) is 8.65. The van der Waals surface area contributed by atoms with Gasteiger partial charge in [-0.2, -0.15) is 0 Å². The van der Waals surface area contributed by atoms with Crippen LogP contribution >= 0.6 is 0 Å². The van der Waals surface area contributed by atoms with Crippen molar-refractivity contribution in [1.82, 2.24) is 0 Å². The molecule has 0 saturated carbocycles. The summed E-state index contributed by atoms with van der Waals surface area (Å²) in [6, 6.07) is 14.8. The van der Waals surface area contributed by atoms with Crippen LogP contribution in [0.15, 0.2) is 42.5 Å². The van der Waals surface area contributed by atoms with Gasteiger partial charge in [-0.25, -0.2) is 4.79 Å². The number of hydrogen-bond donors (Lipinski definition) is 1. The van der Waals surface area contributed by atoms with Crippen LogP contribution in [0.5, 0.6) is 0 Å². The fourth-order valence-corrected chi connectivity index (χ4v) is 3.83. The van der Waals surface area contributed by atoms with Crippen molar-refractivity contribution in [3.63, 3.8) is 0 Å². The molecule has 4 rings (SSSR count). The van der Waals surface area contributed by atoms with Crippen molar-refractivity contribution in [1.29, 1.82) is 0 Å². The van der Waals surface area contributed by atoms with Gasteiger partial charge in [0.25, 0.3) is 0 Å². The summed E-state index contributed by atoms with van der Waals surface area (Å²) in [5, 5.41) is 3.11. The molecule has 0 spiro atoms. The van der Waals surface area contributed by atoms with Gasteiger partial charge in [-0.15, -0.1) is 0 Å². The topological polar surface area (TPSA) is 35.6 Å². The van der Waals surface area contributed by atoms with E-state index in [2.05, 4.69) is 28.4 Å². The lowest BCUT2D eigenvalue weighted by atomic mass is 10.1. The molecule has 4 nitrogen and oxygen atoms in total. The minimum absolute atomic E-state index is 0.0392. The predicted molar refractivity (Wildman–Crippen MR) is 99.1 cm³/mol. The predicted octanol–water partition coefficient (Wildman–Crippen LogP) is 4.32. The Bertz CT molecular complexity index is 786. The number of aryl methyl sites for hydroxylation is 2. The highest BCUT2D eigenvalue weighted by atomic mass is 16.2. The van der Waals surface area contributed by atoms with Gasteiger partial charge in [0.2, 0.25) is 0 Å². The first-order chi connectivity index (χ1) is 11.6. The van der Waals surface area contributed by atoms with Gasteiger partial charge in [-0.1, -0.05) is 24.3 Å². The molecule has 2 aliphatic rings. The SMILES string of the molecule is Cc1ccc(C)c(NC(=O)N2CC3CCCN3c3ccccc32)c1. The van der Waals surface area contributed by atoms with Gasteiger partial charge in [-0.3, -0.25) is 4.90 Å². The van der Waals surface area contributed by atoms with Gasteiger partial charge in [-0.05, 0) is 56.0 Å². The number of anilines is 3. The zero-order chi connectivity index (χ0) is 16.7. The Balaban J connectivity index is 1.65. The molecule has 1 N–H and O–H groups in total. The zero-order valence-corrected chi connectivity index (χ0v) is 14.2. The van der Waals surface area contributed by atoms with Crippen LogP contribution < -0.4 is 15.1 Å². The molecule has 2 amide bonds. The minimum Gasteiger partial charge on any atom is -0.365 e. The quantitative estimate of drug-likeness (QED) is 0.849. The molecule has 124 valence electrons. The molecule has 2 aromatic carbocycles. The third-order valence-electron chi connectivity index (χ3n) is 5.13. The van der Waals surface area contributed by atoms with Crippen molar-refractivity contribution in [2.75, 3.05) is 28.2 Å². The second-order valence-corrected chi connectivity index (χ2v) is 6.84. The van der Waals surface area contributed by atoms with Gasteiger partial charge in [0.15, 0.2) is 0 Å². The highest BCUT2D eigenvalue weighted by Crippen LogP contribution is 2.39. The second kappa shape index (κ2) is 5.86. The average Bonchev–Trinajstić information content (AvgIpc) is 3.06. The Labute approximate surface area is 143 Å². The molecule has 1 unspecified atom stereocenters. The molecular formula is C20H23N3O. The van der Waals surface area contributed by atoms with Crippen LogP contribution in [0.1, 0.15) is 24.0 Å². The third kappa shape index (κ3) is 2.52. The summed E-state index contributed by atoms with van der Waals surface area (Å²) in [6.07, 6.45) is 2.35. The van der Waals surface area contributed by atoms with Crippen LogP contribution in [0.3, 0.4) is 0 Å². The molecule has 1 fully saturated rings. The van der Waals surface area contributed by atoms with E-state index in [0.717, 1.165) is 42.0 Å². The van der Waals surface area contributed by atoms with E-state index in [1.54, 1.807) is 0 Å². The lowest BCUT2D eigenvalue weighted by molar-refractivity contribution is 0.256. The molecule has 1 saturated heterocycles. The normalized spacial score (nSPS) is 19.0. The Kier molecular flexibility index (Phi) is 3.68. The van der Waals surface area contributed by atoms with Crippen LogP contribution in [0.25, 0.3) is 0 Å². The second-order valence-electron chi connectivity index (χ2n) is 6.84. The lowest BCUT2D eigenvalue weighted by Gasteiger charge is -2.40. The maximum absolute atomic E-state index is 13.0. The summed E-state index contributed by atoms with van der Waals surface area (Å²) in [5.41, 5.74) is 5.32. The summed E-state index contributed by atoms with van der Waals surface area (Å²) in [5.74, 6) is 0.